The average molecular weight is 406 g/mol. The van der Waals surface area contributed by atoms with Crippen LogP contribution in [-0.4, -0.2) is 5.90 Å². The van der Waals surface area contributed by atoms with Gasteiger partial charge in [-0.2, -0.15) is 0 Å². The highest BCUT2D eigenvalue weighted by molar-refractivity contribution is 8.77. The van der Waals surface area contributed by atoms with Crippen molar-refractivity contribution >= 4 is 33.2 Å². The number of nitrogens with zero attached hydrogens (tertiary/aromatic N) is 1. The zero-order chi connectivity index (χ0) is 19.4. The molecule has 0 aliphatic heterocycles. The van der Waals surface area contributed by atoms with Gasteiger partial charge in [-0.25, -0.2) is 4.99 Å². The first kappa shape index (κ1) is 20.3. The molecule has 3 aromatic carbocycles. The van der Waals surface area contributed by atoms with Crippen molar-refractivity contribution in [2.45, 2.75) is 24.7 Å². The maximum absolute atomic E-state index is 6.19. The monoisotopic (exact) mass is 405 g/mol. The van der Waals surface area contributed by atoms with Crippen molar-refractivity contribution in [1.82, 2.24) is 0 Å². The second-order valence-corrected chi connectivity index (χ2v) is 8.20. The predicted molar refractivity (Wildman–Crippen MR) is 123 cm³/mol. The standard InChI is InChI=1S/C24H23NOS2/c1-2-12-20(19-27-28-23-17-10-5-11-18-23)24(25-21-13-6-3-7-14-21)26-22-15-8-4-9-16-22/h3-11,13-19H,2,12H2,1H3/b20-19+,25-24-. The highest BCUT2D eigenvalue weighted by atomic mass is 33.1. The summed E-state index contributed by atoms with van der Waals surface area (Å²) in [7, 11) is 3.43. The van der Waals surface area contributed by atoms with Crippen molar-refractivity contribution in [2.24, 2.45) is 4.99 Å². The quantitative estimate of drug-likeness (QED) is 0.216. The minimum absolute atomic E-state index is 0.653. The van der Waals surface area contributed by atoms with Gasteiger partial charge in [0.05, 0.1) is 5.69 Å². The number of ether oxygens (including phenoxy) is 1. The first-order chi connectivity index (χ1) is 13.8. The number of hydrogen-bond donors (Lipinski definition) is 0. The van der Waals surface area contributed by atoms with Gasteiger partial charge in [0.1, 0.15) is 5.75 Å². The molecule has 0 N–H and O–H groups in total. The van der Waals surface area contributed by atoms with Gasteiger partial charge in [0.2, 0.25) is 5.90 Å². The lowest BCUT2D eigenvalue weighted by Crippen LogP contribution is -2.11. The highest BCUT2D eigenvalue weighted by Gasteiger charge is 2.11. The predicted octanol–water partition coefficient (Wildman–Crippen LogP) is 7.92. The molecular formula is C24H23NOS2. The summed E-state index contributed by atoms with van der Waals surface area (Å²) in [6, 6.07) is 30.2. The van der Waals surface area contributed by atoms with Crippen molar-refractivity contribution in [1.29, 1.82) is 0 Å². The minimum atomic E-state index is 0.653. The van der Waals surface area contributed by atoms with Crippen LogP contribution in [0.2, 0.25) is 0 Å². The van der Waals surface area contributed by atoms with Crippen LogP contribution in [0.25, 0.3) is 0 Å². The first-order valence-electron chi connectivity index (χ1n) is 9.29. The van der Waals surface area contributed by atoms with Gasteiger partial charge in [-0.1, -0.05) is 89.5 Å². The molecule has 4 heteroatoms. The molecule has 0 radical (unpaired) electrons. The second kappa shape index (κ2) is 11.4. The summed E-state index contributed by atoms with van der Waals surface area (Å²) in [6.45, 7) is 2.17. The zero-order valence-corrected chi connectivity index (χ0v) is 17.5. The summed E-state index contributed by atoms with van der Waals surface area (Å²) < 4.78 is 6.19. The number of para-hydroxylation sites is 2. The van der Waals surface area contributed by atoms with Gasteiger partial charge in [0, 0.05) is 10.5 Å². The lowest BCUT2D eigenvalue weighted by Gasteiger charge is -2.12. The van der Waals surface area contributed by atoms with Gasteiger partial charge >= 0.3 is 0 Å². The molecule has 28 heavy (non-hydrogen) atoms. The molecule has 2 nitrogen and oxygen atoms in total. The van der Waals surface area contributed by atoms with E-state index in [9.17, 15) is 0 Å². The Bertz CT molecular complexity index is 894. The van der Waals surface area contributed by atoms with E-state index in [1.807, 2.05) is 66.7 Å². The molecule has 0 atom stereocenters. The fraction of sp³-hybridized carbons (Fsp3) is 0.125. The van der Waals surface area contributed by atoms with Crippen LogP contribution in [0.3, 0.4) is 0 Å². The molecule has 142 valence electrons. The van der Waals surface area contributed by atoms with Gasteiger partial charge in [-0.15, -0.1) is 0 Å². The molecular weight excluding hydrogens is 382 g/mol. The fourth-order valence-electron chi connectivity index (χ4n) is 2.48. The Morgan fingerprint density at radius 3 is 2.11 bits per heavy atom. The molecule has 0 heterocycles. The molecule has 0 fully saturated rings. The maximum Gasteiger partial charge on any atom is 0.223 e. The lowest BCUT2D eigenvalue weighted by atomic mass is 10.1. The first-order valence-corrected chi connectivity index (χ1v) is 11.5. The Kier molecular flexibility index (Phi) is 8.28. The third-order valence-corrected chi connectivity index (χ3v) is 5.91. The third-order valence-electron chi connectivity index (χ3n) is 3.82. The van der Waals surface area contributed by atoms with E-state index in [0.717, 1.165) is 29.9 Å². The Morgan fingerprint density at radius 1 is 0.857 bits per heavy atom. The van der Waals surface area contributed by atoms with Gasteiger partial charge in [-0.05, 0) is 48.2 Å². The Balaban J connectivity index is 1.85. The summed E-state index contributed by atoms with van der Waals surface area (Å²) in [6.07, 6.45) is 1.93. The van der Waals surface area contributed by atoms with Gasteiger partial charge in [0.15, 0.2) is 0 Å². The fourth-order valence-corrected chi connectivity index (χ4v) is 4.40. The van der Waals surface area contributed by atoms with Gasteiger partial charge in [0.25, 0.3) is 0 Å². The van der Waals surface area contributed by atoms with Crippen LogP contribution in [0.1, 0.15) is 19.8 Å². The normalized spacial score (nSPS) is 12.0. The average Bonchev–Trinajstić information content (AvgIpc) is 2.75. The Labute approximate surface area is 175 Å². The SMILES string of the molecule is CCCC(=C\SSc1ccccc1)/C(=N/c1ccccc1)Oc1ccccc1. The van der Waals surface area contributed by atoms with E-state index >= 15 is 0 Å². The number of aliphatic imine (C=N–C) groups is 1. The molecule has 0 saturated heterocycles. The van der Waals surface area contributed by atoms with Crippen LogP contribution in [0, 0.1) is 0 Å². The van der Waals surface area contributed by atoms with Crippen LogP contribution in [0.5, 0.6) is 5.75 Å². The lowest BCUT2D eigenvalue weighted by molar-refractivity contribution is 0.547. The van der Waals surface area contributed by atoms with Crippen molar-refractivity contribution < 1.29 is 4.74 Å². The third kappa shape index (κ3) is 6.63. The van der Waals surface area contributed by atoms with E-state index in [4.69, 9.17) is 9.73 Å². The van der Waals surface area contributed by atoms with Crippen LogP contribution < -0.4 is 4.74 Å². The van der Waals surface area contributed by atoms with E-state index in [-0.39, 0.29) is 0 Å². The van der Waals surface area contributed by atoms with E-state index in [1.165, 1.54) is 4.90 Å². The zero-order valence-electron chi connectivity index (χ0n) is 15.8. The van der Waals surface area contributed by atoms with Gasteiger partial charge in [-0.3, -0.25) is 0 Å². The second-order valence-electron chi connectivity index (χ2n) is 6.05. The molecule has 0 spiro atoms. The molecule has 3 aromatic rings. The molecule has 0 unspecified atom stereocenters. The molecule has 0 aliphatic rings. The summed E-state index contributed by atoms with van der Waals surface area (Å²) in [5.74, 6) is 1.44. The van der Waals surface area contributed by atoms with Gasteiger partial charge < -0.3 is 4.74 Å². The molecule has 3 rings (SSSR count). The molecule has 0 amide bonds. The number of benzene rings is 3. The topological polar surface area (TPSA) is 21.6 Å². The van der Waals surface area contributed by atoms with E-state index in [2.05, 4.69) is 36.6 Å². The summed E-state index contributed by atoms with van der Waals surface area (Å²) >= 11 is 0. The van der Waals surface area contributed by atoms with Crippen LogP contribution in [0.15, 0.2) is 112 Å². The Hall–Kier alpha value is -2.43. The van der Waals surface area contributed by atoms with Crippen LogP contribution in [0.4, 0.5) is 5.69 Å². The summed E-state index contributed by atoms with van der Waals surface area (Å²) in [4.78, 5) is 6.03. The smallest absolute Gasteiger partial charge is 0.223 e. The highest BCUT2D eigenvalue weighted by Crippen LogP contribution is 2.33. The van der Waals surface area contributed by atoms with Crippen molar-refractivity contribution in [3.63, 3.8) is 0 Å². The van der Waals surface area contributed by atoms with Crippen molar-refractivity contribution in [3.8, 4) is 5.75 Å². The van der Waals surface area contributed by atoms with E-state index in [0.29, 0.717) is 5.90 Å². The van der Waals surface area contributed by atoms with E-state index < -0.39 is 0 Å². The molecule has 0 aromatic heterocycles. The molecule has 0 aliphatic carbocycles. The maximum atomic E-state index is 6.19. The number of hydrogen-bond acceptors (Lipinski definition) is 4. The molecule has 0 saturated carbocycles. The van der Waals surface area contributed by atoms with Crippen LogP contribution >= 0.6 is 21.6 Å². The largest absolute Gasteiger partial charge is 0.439 e. The molecule has 0 bridgehead atoms. The summed E-state index contributed by atoms with van der Waals surface area (Å²) in [5, 5.41) is 2.16. The van der Waals surface area contributed by atoms with Crippen LogP contribution in [-0.2, 0) is 0 Å². The van der Waals surface area contributed by atoms with Crippen molar-refractivity contribution in [2.75, 3.05) is 0 Å². The van der Waals surface area contributed by atoms with Crippen molar-refractivity contribution in [3.05, 3.63) is 102 Å². The summed E-state index contributed by atoms with van der Waals surface area (Å²) in [5.41, 5.74) is 1.99. The minimum Gasteiger partial charge on any atom is -0.439 e. The number of rotatable bonds is 8. The Morgan fingerprint density at radius 2 is 1.46 bits per heavy atom. The van der Waals surface area contributed by atoms with E-state index in [1.54, 1.807) is 21.6 Å².